The van der Waals surface area contributed by atoms with Gasteiger partial charge in [0.1, 0.15) is 0 Å². The maximum Gasteiger partial charge on any atom is 0.423 e. The van der Waals surface area contributed by atoms with Gasteiger partial charge in [0.2, 0.25) is 0 Å². The second-order valence-electron chi connectivity index (χ2n) is 2.03. The molecule has 0 aliphatic rings. The van der Waals surface area contributed by atoms with E-state index in [1.165, 1.54) is 0 Å². The third-order valence-corrected chi connectivity index (χ3v) is 1.02. The van der Waals surface area contributed by atoms with Gasteiger partial charge in [-0.25, -0.2) is 0 Å². The molecular formula is C4HCl2F7O. The highest BCUT2D eigenvalue weighted by Gasteiger charge is 2.60. The Labute approximate surface area is 82.7 Å². The lowest BCUT2D eigenvalue weighted by atomic mass is 10.3. The summed E-state index contributed by atoms with van der Waals surface area (Å²) in [6, 6.07) is 0. The normalized spacial score (nSPS) is 15.0. The van der Waals surface area contributed by atoms with Crippen LogP contribution in [0.15, 0.2) is 0 Å². The highest BCUT2D eigenvalue weighted by molar-refractivity contribution is 6.45. The number of rotatable bonds is 2. The van der Waals surface area contributed by atoms with Gasteiger partial charge >= 0.3 is 17.1 Å². The zero-order valence-electron chi connectivity index (χ0n) is 5.89. The Kier molecular flexibility index (Phi) is 3.91. The molecule has 0 saturated carbocycles. The van der Waals surface area contributed by atoms with E-state index in [2.05, 4.69) is 27.9 Å². The number of hydrogen-bond acceptors (Lipinski definition) is 1. The molecule has 0 amide bonds. The molecule has 0 heterocycles. The fourth-order valence-corrected chi connectivity index (χ4v) is 0.631. The Morgan fingerprint density at radius 2 is 1.07 bits per heavy atom. The van der Waals surface area contributed by atoms with Gasteiger partial charge in [-0.05, 0) is 23.2 Å². The number of alkyl halides is 9. The van der Waals surface area contributed by atoms with Crippen LogP contribution in [0.1, 0.15) is 0 Å². The third kappa shape index (κ3) is 5.06. The van der Waals surface area contributed by atoms with Gasteiger partial charge in [-0.2, -0.15) is 30.7 Å². The molecule has 0 atom stereocenters. The summed E-state index contributed by atoms with van der Waals surface area (Å²) < 4.78 is 80.4. The summed E-state index contributed by atoms with van der Waals surface area (Å²) in [4.78, 5) is 0. The van der Waals surface area contributed by atoms with Gasteiger partial charge in [-0.15, -0.1) is 0 Å². The van der Waals surface area contributed by atoms with Crippen LogP contribution in [0.5, 0.6) is 0 Å². The van der Waals surface area contributed by atoms with Crippen LogP contribution in [0, 0.1) is 0 Å². The molecular weight excluding hydrogens is 268 g/mol. The lowest BCUT2D eigenvalue weighted by molar-refractivity contribution is -0.338. The fourth-order valence-electron chi connectivity index (χ4n) is 0.453. The minimum Gasteiger partial charge on any atom is -0.298 e. The first kappa shape index (κ1) is 14.1. The van der Waals surface area contributed by atoms with Gasteiger partial charge in [0.25, 0.3) is 6.10 Å². The van der Waals surface area contributed by atoms with Gasteiger partial charge in [-0.1, -0.05) is 0 Å². The van der Waals surface area contributed by atoms with Crippen molar-refractivity contribution >= 4 is 23.2 Å². The predicted octanol–water partition coefficient (Wildman–Crippen LogP) is 3.55. The van der Waals surface area contributed by atoms with E-state index >= 15 is 0 Å². The second-order valence-corrected chi connectivity index (χ2v) is 3.19. The lowest BCUT2D eigenvalue weighted by Gasteiger charge is -2.25. The van der Waals surface area contributed by atoms with E-state index in [9.17, 15) is 30.7 Å². The molecule has 1 nitrogen and oxygen atoms in total. The Morgan fingerprint density at radius 1 is 0.786 bits per heavy atom. The second kappa shape index (κ2) is 3.90. The summed E-state index contributed by atoms with van der Waals surface area (Å²) >= 11 is 8.43. The number of halogens is 9. The smallest absolute Gasteiger partial charge is 0.298 e. The van der Waals surface area contributed by atoms with Crippen molar-refractivity contribution < 1.29 is 35.5 Å². The van der Waals surface area contributed by atoms with Crippen molar-refractivity contribution in [1.29, 1.82) is 0 Å². The molecule has 0 aliphatic carbocycles. The van der Waals surface area contributed by atoms with Gasteiger partial charge in [0.05, 0.1) is 0 Å². The van der Waals surface area contributed by atoms with Crippen LogP contribution in [-0.4, -0.2) is 23.2 Å². The molecule has 0 aromatic heterocycles. The number of hydrogen-bond donors (Lipinski definition) is 0. The minimum absolute atomic E-state index is 2.78. The lowest BCUT2D eigenvalue weighted by Crippen LogP contribution is -2.46. The molecule has 86 valence electrons. The van der Waals surface area contributed by atoms with E-state index in [4.69, 9.17) is 0 Å². The number of ether oxygens (including phenoxy) is 1. The topological polar surface area (TPSA) is 9.23 Å². The third-order valence-electron chi connectivity index (χ3n) is 0.846. The molecule has 0 bridgehead atoms. The summed E-state index contributed by atoms with van der Waals surface area (Å²) in [5.41, 5.74) is 0. The van der Waals surface area contributed by atoms with Crippen LogP contribution in [-0.2, 0) is 4.74 Å². The van der Waals surface area contributed by atoms with Gasteiger partial charge < -0.3 is 0 Å². The molecule has 10 heteroatoms. The molecule has 0 rings (SSSR count). The van der Waals surface area contributed by atoms with Gasteiger partial charge in [0, 0.05) is 0 Å². The highest BCUT2D eigenvalue weighted by Crippen LogP contribution is 2.40. The molecule has 0 radical (unpaired) electrons. The van der Waals surface area contributed by atoms with Crippen molar-refractivity contribution in [3.05, 3.63) is 0 Å². The molecule has 0 N–H and O–H groups in total. The molecule has 0 fully saturated rings. The zero-order valence-corrected chi connectivity index (χ0v) is 7.40. The van der Waals surface area contributed by atoms with Crippen molar-refractivity contribution in [1.82, 2.24) is 0 Å². The Morgan fingerprint density at radius 3 is 1.14 bits per heavy atom. The van der Waals surface area contributed by atoms with E-state index in [0.29, 0.717) is 0 Å². The van der Waals surface area contributed by atoms with Gasteiger partial charge in [0.15, 0.2) is 0 Å². The highest BCUT2D eigenvalue weighted by atomic mass is 35.5. The largest absolute Gasteiger partial charge is 0.423 e. The first-order valence-electron chi connectivity index (χ1n) is 2.72. The summed E-state index contributed by atoms with van der Waals surface area (Å²) in [5, 5.41) is 0. The summed E-state index contributed by atoms with van der Waals surface area (Å²) in [6.45, 7) is 0. The molecule has 0 aliphatic heterocycles. The SMILES string of the molecule is FC(Cl)(Cl)OC(C(F)(F)F)C(F)(F)F. The van der Waals surface area contributed by atoms with E-state index in [-0.39, 0.29) is 0 Å². The van der Waals surface area contributed by atoms with Crippen LogP contribution < -0.4 is 0 Å². The van der Waals surface area contributed by atoms with E-state index < -0.39 is 23.2 Å². The molecule has 0 unspecified atom stereocenters. The van der Waals surface area contributed by atoms with Crippen LogP contribution in [0.4, 0.5) is 30.7 Å². The standard InChI is InChI=1S/C4HCl2F7O/c5-4(6,13)14-1(2(7,8)9)3(10,11)12/h1H. The van der Waals surface area contributed by atoms with Crippen LogP contribution in [0.25, 0.3) is 0 Å². The predicted molar refractivity (Wildman–Crippen MR) is 32.5 cm³/mol. The molecule has 14 heavy (non-hydrogen) atoms. The van der Waals surface area contributed by atoms with Crippen molar-refractivity contribution in [3.63, 3.8) is 0 Å². The Balaban J connectivity index is 4.78. The fraction of sp³-hybridized carbons (Fsp3) is 1.00. The first-order chi connectivity index (χ1) is 5.84. The summed E-state index contributed by atoms with van der Waals surface area (Å²) in [7, 11) is 0. The van der Waals surface area contributed by atoms with Crippen molar-refractivity contribution in [2.45, 2.75) is 23.2 Å². The Bertz CT molecular complexity index is 177. The van der Waals surface area contributed by atoms with Crippen LogP contribution in [0.3, 0.4) is 0 Å². The summed E-state index contributed by atoms with van der Waals surface area (Å²) in [6.07, 6.45) is -16.1. The van der Waals surface area contributed by atoms with E-state index in [1.54, 1.807) is 0 Å². The molecule has 0 spiro atoms. The van der Waals surface area contributed by atoms with E-state index in [0.717, 1.165) is 0 Å². The Hall–Kier alpha value is 0.0500. The van der Waals surface area contributed by atoms with Crippen molar-refractivity contribution in [2.75, 3.05) is 0 Å². The molecule has 0 saturated heterocycles. The van der Waals surface area contributed by atoms with Crippen LogP contribution >= 0.6 is 23.2 Å². The molecule has 0 aromatic carbocycles. The average molecular weight is 269 g/mol. The maximum absolute atomic E-state index is 12.0. The van der Waals surface area contributed by atoms with Crippen molar-refractivity contribution in [3.8, 4) is 0 Å². The van der Waals surface area contributed by atoms with E-state index in [1.807, 2.05) is 0 Å². The average Bonchev–Trinajstić information content (AvgIpc) is 1.75. The zero-order chi connectivity index (χ0) is 11.8. The maximum atomic E-state index is 12.0. The van der Waals surface area contributed by atoms with Crippen LogP contribution in [0.2, 0.25) is 0 Å². The molecule has 0 aromatic rings. The van der Waals surface area contributed by atoms with Gasteiger partial charge in [-0.3, -0.25) is 4.74 Å². The minimum atomic E-state index is -5.85. The van der Waals surface area contributed by atoms with Crippen molar-refractivity contribution in [2.24, 2.45) is 0 Å². The first-order valence-corrected chi connectivity index (χ1v) is 3.47. The quantitative estimate of drug-likeness (QED) is 0.550. The summed E-state index contributed by atoms with van der Waals surface area (Å²) in [5.74, 6) is 0. The monoisotopic (exact) mass is 268 g/mol.